The highest BCUT2D eigenvalue weighted by molar-refractivity contribution is 9.10. The Hall–Kier alpha value is -1.13. The molecule has 1 aliphatic carbocycles. The standard InChI is InChI=1S/C16H20BrN3/c17-16-19-14(10-18)15(20-16)13-8-6-12(7-9-13)11-4-2-1-3-5-11/h6-9,11H,1-5,10,18H2,(H,19,20). The second kappa shape index (κ2) is 6.10. The van der Waals surface area contributed by atoms with E-state index in [2.05, 4.69) is 50.2 Å². The number of imidazole rings is 1. The van der Waals surface area contributed by atoms with Crippen LogP contribution in [0.25, 0.3) is 11.3 Å². The van der Waals surface area contributed by atoms with Gasteiger partial charge < -0.3 is 10.7 Å². The largest absolute Gasteiger partial charge is 0.335 e. The third-order valence-corrected chi connectivity index (χ3v) is 4.59. The van der Waals surface area contributed by atoms with Crippen LogP contribution in [0.1, 0.15) is 49.3 Å². The first-order valence-electron chi connectivity index (χ1n) is 7.32. The molecule has 106 valence electrons. The molecule has 1 saturated carbocycles. The van der Waals surface area contributed by atoms with Crippen LogP contribution in [0, 0.1) is 0 Å². The van der Waals surface area contributed by atoms with E-state index < -0.39 is 0 Å². The molecule has 0 bridgehead atoms. The number of hydrogen-bond donors (Lipinski definition) is 2. The fraction of sp³-hybridized carbons (Fsp3) is 0.438. The molecule has 0 spiro atoms. The van der Waals surface area contributed by atoms with E-state index in [9.17, 15) is 0 Å². The Balaban J connectivity index is 1.85. The van der Waals surface area contributed by atoms with E-state index in [0.29, 0.717) is 6.54 Å². The second-order valence-electron chi connectivity index (χ2n) is 5.52. The van der Waals surface area contributed by atoms with Crippen molar-refractivity contribution in [2.24, 2.45) is 5.73 Å². The van der Waals surface area contributed by atoms with E-state index in [1.54, 1.807) is 0 Å². The lowest BCUT2D eigenvalue weighted by molar-refractivity contribution is 0.443. The summed E-state index contributed by atoms with van der Waals surface area (Å²) in [6.07, 6.45) is 6.81. The molecule has 4 heteroatoms. The molecule has 0 atom stereocenters. The number of nitrogens with zero attached hydrogens (tertiary/aromatic N) is 1. The van der Waals surface area contributed by atoms with Gasteiger partial charge in [0, 0.05) is 12.1 Å². The van der Waals surface area contributed by atoms with Gasteiger partial charge in [-0.05, 0) is 40.3 Å². The van der Waals surface area contributed by atoms with Gasteiger partial charge in [0.05, 0.1) is 11.4 Å². The number of nitrogens with two attached hydrogens (primary N) is 1. The summed E-state index contributed by atoms with van der Waals surface area (Å²) in [5, 5.41) is 0. The van der Waals surface area contributed by atoms with E-state index in [4.69, 9.17) is 5.73 Å². The molecule has 0 radical (unpaired) electrons. The van der Waals surface area contributed by atoms with Crippen molar-refractivity contribution in [3.05, 3.63) is 40.3 Å². The molecule has 3 nitrogen and oxygen atoms in total. The lowest BCUT2D eigenvalue weighted by Crippen LogP contribution is -2.04. The Bertz CT molecular complexity index is 568. The topological polar surface area (TPSA) is 54.7 Å². The third kappa shape index (κ3) is 2.81. The molecular formula is C16H20BrN3. The highest BCUT2D eigenvalue weighted by Gasteiger charge is 2.16. The average Bonchev–Trinajstić information content (AvgIpc) is 2.89. The number of halogens is 1. The van der Waals surface area contributed by atoms with Crippen LogP contribution in [-0.4, -0.2) is 9.97 Å². The molecule has 3 rings (SSSR count). The van der Waals surface area contributed by atoms with E-state index in [1.165, 1.54) is 37.7 Å². The highest BCUT2D eigenvalue weighted by atomic mass is 79.9. The van der Waals surface area contributed by atoms with Gasteiger partial charge in [0.1, 0.15) is 0 Å². The highest BCUT2D eigenvalue weighted by Crippen LogP contribution is 2.33. The molecule has 0 saturated heterocycles. The summed E-state index contributed by atoms with van der Waals surface area (Å²) in [5.74, 6) is 0.748. The summed E-state index contributed by atoms with van der Waals surface area (Å²) in [7, 11) is 0. The number of hydrogen-bond acceptors (Lipinski definition) is 2. The van der Waals surface area contributed by atoms with Gasteiger partial charge in [-0.1, -0.05) is 43.5 Å². The molecule has 3 N–H and O–H groups in total. The van der Waals surface area contributed by atoms with Gasteiger partial charge in [0.25, 0.3) is 0 Å². The zero-order valence-corrected chi connectivity index (χ0v) is 13.1. The van der Waals surface area contributed by atoms with Gasteiger partial charge >= 0.3 is 0 Å². The molecular weight excluding hydrogens is 314 g/mol. The first kappa shape index (κ1) is 13.8. The van der Waals surface area contributed by atoms with Crippen molar-refractivity contribution in [1.29, 1.82) is 0 Å². The molecule has 0 unspecified atom stereocenters. The van der Waals surface area contributed by atoms with Crippen LogP contribution in [0.15, 0.2) is 29.0 Å². The Labute approximate surface area is 128 Å². The van der Waals surface area contributed by atoms with E-state index in [-0.39, 0.29) is 0 Å². The summed E-state index contributed by atoms with van der Waals surface area (Å²) in [5.41, 5.74) is 10.3. The lowest BCUT2D eigenvalue weighted by atomic mass is 9.84. The first-order chi connectivity index (χ1) is 9.78. The quantitative estimate of drug-likeness (QED) is 0.877. The van der Waals surface area contributed by atoms with Crippen LogP contribution in [0.4, 0.5) is 0 Å². The van der Waals surface area contributed by atoms with Crippen LogP contribution < -0.4 is 5.73 Å². The van der Waals surface area contributed by atoms with Crippen molar-refractivity contribution < 1.29 is 0 Å². The van der Waals surface area contributed by atoms with Gasteiger partial charge in [-0.15, -0.1) is 0 Å². The summed E-state index contributed by atoms with van der Waals surface area (Å²) in [6, 6.07) is 8.86. The van der Waals surface area contributed by atoms with Gasteiger partial charge in [-0.3, -0.25) is 0 Å². The molecule has 1 fully saturated rings. The molecule has 1 aromatic heterocycles. The van der Waals surface area contributed by atoms with Crippen molar-refractivity contribution in [2.75, 3.05) is 0 Å². The lowest BCUT2D eigenvalue weighted by Gasteiger charge is -2.22. The van der Waals surface area contributed by atoms with Gasteiger partial charge in [0.15, 0.2) is 4.73 Å². The average molecular weight is 334 g/mol. The molecule has 2 aromatic rings. The third-order valence-electron chi connectivity index (χ3n) is 4.21. The Kier molecular flexibility index (Phi) is 4.22. The monoisotopic (exact) mass is 333 g/mol. The fourth-order valence-electron chi connectivity index (χ4n) is 3.11. The molecule has 1 aliphatic rings. The molecule has 1 aromatic carbocycles. The van der Waals surface area contributed by atoms with Crippen molar-refractivity contribution >= 4 is 15.9 Å². The van der Waals surface area contributed by atoms with Gasteiger partial charge in [0.2, 0.25) is 0 Å². The predicted octanol–water partition coefficient (Wildman–Crippen LogP) is 4.35. The van der Waals surface area contributed by atoms with E-state index in [0.717, 1.165) is 27.6 Å². The molecule has 0 aliphatic heterocycles. The molecule has 0 amide bonds. The normalized spacial score (nSPS) is 16.5. The maximum absolute atomic E-state index is 5.76. The summed E-state index contributed by atoms with van der Waals surface area (Å²) in [6.45, 7) is 0.471. The van der Waals surface area contributed by atoms with Crippen LogP contribution >= 0.6 is 15.9 Å². The first-order valence-corrected chi connectivity index (χ1v) is 8.12. The maximum Gasteiger partial charge on any atom is 0.175 e. The number of nitrogens with one attached hydrogen (secondary N) is 1. The summed E-state index contributed by atoms with van der Waals surface area (Å²) in [4.78, 5) is 7.63. The van der Waals surface area contributed by atoms with E-state index >= 15 is 0 Å². The van der Waals surface area contributed by atoms with Crippen LogP contribution in [-0.2, 0) is 6.54 Å². The minimum atomic E-state index is 0.471. The van der Waals surface area contributed by atoms with Gasteiger partial charge in [-0.2, -0.15) is 0 Å². The van der Waals surface area contributed by atoms with Crippen molar-refractivity contribution in [1.82, 2.24) is 9.97 Å². The number of aromatic amines is 1. The Morgan fingerprint density at radius 2 is 1.85 bits per heavy atom. The molecule has 20 heavy (non-hydrogen) atoms. The van der Waals surface area contributed by atoms with Crippen LogP contribution in [0.3, 0.4) is 0 Å². The SMILES string of the molecule is NCc1[nH]c(Br)nc1-c1ccc(C2CCCCC2)cc1. The number of H-pyrrole nitrogens is 1. The van der Waals surface area contributed by atoms with Gasteiger partial charge in [-0.25, -0.2) is 4.98 Å². The summed E-state index contributed by atoms with van der Waals surface area (Å²) < 4.78 is 0.740. The Morgan fingerprint density at radius 3 is 2.50 bits per heavy atom. The van der Waals surface area contributed by atoms with E-state index in [1.807, 2.05) is 0 Å². The van der Waals surface area contributed by atoms with Crippen molar-refractivity contribution in [3.8, 4) is 11.3 Å². The maximum atomic E-state index is 5.76. The minimum Gasteiger partial charge on any atom is -0.335 e. The minimum absolute atomic E-state index is 0.471. The Morgan fingerprint density at radius 1 is 1.15 bits per heavy atom. The molecule has 1 heterocycles. The number of aromatic nitrogens is 2. The number of benzene rings is 1. The zero-order chi connectivity index (χ0) is 13.9. The second-order valence-corrected chi connectivity index (χ2v) is 6.27. The van der Waals surface area contributed by atoms with Crippen LogP contribution in [0.5, 0.6) is 0 Å². The fourth-order valence-corrected chi connectivity index (χ4v) is 3.53. The predicted molar refractivity (Wildman–Crippen MR) is 85.4 cm³/mol. The zero-order valence-electron chi connectivity index (χ0n) is 11.5. The smallest absolute Gasteiger partial charge is 0.175 e. The van der Waals surface area contributed by atoms with Crippen molar-refractivity contribution in [2.45, 2.75) is 44.6 Å². The number of rotatable bonds is 3. The van der Waals surface area contributed by atoms with Crippen LogP contribution in [0.2, 0.25) is 0 Å². The van der Waals surface area contributed by atoms with Crippen molar-refractivity contribution in [3.63, 3.8) is 0 Å². The summed E-state index contributed by atoms with van der Waals surface area (Å²) >= 11 is 3.38.